The molecule has 0 aliphatic carbocycles. The Balaban J connectivity index is 5.14. The van der Waals surface area contributed by atoms with Crippen molar-refractivity contribution in [2.75, 3.05) is 39.6 Å². The first-order chi connectivity index (χ1) is 47.1. The standard InChI is InChI=1S/C79H154O17P2/c1-9-72(8)58-50-42-37-38-46-54-62-79(84)96-75(66-89-76(81)59-51-43-34-28-24-20-15-13-11-10-12-14-18-22-26-31-39-47-55-69(2)3)68-94-98(87,88)92-64-73(80)63-91-97(85,86)93-67-74(65-90-77(82)60-52-44-36-30-33-41-49-57-71(6)7)95-78(83)61-53-45-35-29-25-21-17-16-19-23-27-32-40-48-56-70(4)5/h69-75,80H,9-68H2,1-8H3,(H,85,86)(H,87,88)/t72?,73?,74-,75-/m1/s1. The largest absolute Gasteiger partial charge is 0.472 e. The van der Waals surface area contributed by atoms with Crippen LogP contribution in [0.2, 0.25) is 0 Å². The number of carbonyl (C=O) groups excluding carboxylic acids is 4. The summed E-state index contributed by atoms with van der Waals surface area (Å²) in [5.74, 6) is 0.922. The van der Waals surface area contributed by atoms with Crippen LogP contribution in [0.1, 0.15) is 402 Å². The van der Waals surface area contributed by atoms with Crippen molar-refractivity contribution < 1.29 is 80.2 Å². The molecule has 0 heterocycles. The van der Waals surface area contributed by atoms with Gasteiger partial charge in [0.2, 0.25) is 0 Å². The van der Waals surface area contributed by atoms with E-state index in [9.17, 15) is 43.2 Å². The molecule has 4 unspecified atom stereocenters. The Morgan fingerprint density at radius 1 is 0.286 bits per heavy atom. The van der Waals surface area contributed by atoms with E-state index in [2.05, 4.69) is 55.4 Å². The molecule has 0 aromatic heterocycles. The molecular formula is C79H154O17P2. The number of rotatable bonds is 76. The summed E-state index contributed by atoms with van der Waals surface area (Å²) in [5.41, 5.74) is 0. The molecule has 0 aromatic rings. The summed E-state index contributed by atoms with van der Waals surface area (Å²) in [7, 11) is -9.92. The fourth-order valence-corrected chi connectivity index (χ4v) is 13.6. The van der Waals surface area contributed by atoms with Crippen molar-refractivity contribution in [2.45, 2.75) is 420 Å². The van der Waals surface area contributed by atoms with E-state index in [4.69, 9.17) is 37.0 Å². The van der Waals surface area contributed by atoms with Crippen molar-refractivity contribution in [1.29, 1.82) is 0 Å². The monoisotopic (exact) mass is 1440 g/mol. The third-order valence-electron chi connectivity index (χ3n) is 18.7. The van der Waals surface area contributed by atoms with E-state index in [1.54, 1.807) is 0 Å². The molecule has 17 nitrogen and oxygen atoms in total. The summed E-state index contributed by atoms with van der Waals surface area (Å²) in [5, 5.41) is 10.6. The highest BCUT2D eigenvalue weighted by molar-refractivity contribution is 7.47. The molecule has 0 amide bonds. The van der Waals surface area contributed by atoms with E-state index < -0.39 is 97.5 Å². The van der Waals surface area contributed by atoms with Crippen LogP contribution in [0.3, 0.4) is 0 Å². The van der Waals surface area contributed by atoms with Gasteiger partial charge < -0.3 is 33.8 Å². The number of esters is 4. The molecule has 0 saturated carbocycles. The molecule has 3 N–H and O–H groups in total. The van der Waals surface area contributed by atoms with Crippen LogP contribution in [-0.2, 0) is 65.4 Å². The molecule has 0 fully saturated rings. The molecule has 6 atom stereocenters. The van der Waals surface area contributed by atoms with E-state index in [1.807, 2.05) is 0 Å². The van der Waals surface area contributed by atoms with Crippen molar-refractivity contribution in [3.63, 3.8) is 0 Å². The first-order valence-corrected chi connectivity index (χ1v) is 43.7. The molecule has 98 heavy (non-hydrogen) atoms. The lowest BCUT2D eigenvalue weighted by atomic mass is 10.00. The molecule has 0 rings (SSSR count). The number of aliphatic hydroxyl groups excluding tert-OH is 1. The van der Waals surface area contributed by atoms with Gasteiger partial charge in [-0.05, 0) is 49.4 Å². The molecule has 0 radical (unpaired) electrons. The van der Waals surface area contributed by atoms with Gasteiger partial charge in [-0.15, -0.1) is 0 Å². The predicted molar refractivity (Wildman–Crippen MR) is 400 cm³/mol. The lowest BCUT2D eigenvalue weighted by Gasteiger charge is -2.21. The molecule has 0 spiro atoms. The van der Waals surface area contributed by atoms with Gasteiger partial charge >= 0.3 is 39.5 Å². The smallest absolute Gasteiger partial charge is 0.462 e. The van der Waals surface area contributed by atoms with Crippen LogP contribution in [0.15, 0.2) is 0 Å². The number of hydrogen-bond acceptors (Lipinski definition) is 15. The average Bonchev–Trinajstić information content (AvgIpc) is 1.10. The molecule has 19 heteroatoms. The summed E-state index contributed by atoms with van der Waals surface area (Å²) in [6, 6.07) is 0. The zero-order chi connectivity index (χ0) is 72.4. The van der Waals surface area contributed by atoms with Gasteiger partial charge in [-0.3, -0.25) is 37.3 Å². The van der Waals surface area contributed by atoms with Crippen molar-refractivity contribution in [2.24, 2.45) is 23.7 Å². The fraction of sp³-hybridized carbons (Fsp3) is 0.949. The Morgan fingerprint density at radius 3 is 0.724 bits per heavy atom. The zero-order valence-corrected chi connectivity index (χ0v) is 66.2. The number of hydrogen-bond donors (Lipinski definition) is 3. The highest BCUT2D eigenvalue weighted by Crippen LogP contribution is 2.45. The van der Waals surface area contributed by atoms with Crippen molar-refractivity contribution in [3.05, 3.63) is 0 Å². The molecular weight excluding hydrogens is 1280 g/mol. The molecule has 0 saturated heterocycles. The van der Waals surface area contributed by atoms with E-state index in [-0.39, 0.29) is 25.7 Å². The summed E-state index contributed by atoms with van der Waals surface area (Å²) >= 11 is 0. The fourth-order valence-electron chi connectivity index (χ4n) is 12.0. The lowest BCUT2D eigenvalue weighted by molar-refractivity contribution is -0.161. The Bertz CT molecular complexity index is 1920. The van der Waals surface area contributed by atoms with Gasteiger partial charge in [0.05, 0.1) is 26.4 Å². The van der Waals surface area contributed by atoms with Crippen LogP contribution in [0.5, 0.6) is 0 Å². The van der Waals surface area contributed by atoms with Gasteiger partial charge in [-0.1, -0.05) is 351 Å². The molecule has 0 aliphatic heterocycles. The van der Waals surface area contributed by atoms with Crippen LogP contribution >= 0.6 is 15.6 Å². The number of ether oxygens (including phenoxy) is 4. The minimum Gasteiger partial charge on any atom is -0.462 e. The normalized spacial score (nSPS) is 14.3. The summed E-state index contributed by atoms with van der Waals surface area (Å²) in [4.78, 5) is 72.8. The average molecular weight is 1440 g/mol. The second-order valence-corrected chi connectivity index (χ2v) is 33.0. The van der Waals surface area contributed by atoms with Gasteiger partial charge in [-0.2, -0.15) is 0 Å². The number of unbranched alkanes of at least 4 members (excludes halogenated alkanes) is 41. The number of carbonyl (C=O) groups is 4. The maximum atomic E-state index is 13.1. The van der Waals surface area contributed by atoms with Crippen LogP contribution in [-0.4, -0.2) is 96.7 Å². The molecule has 582 valence electrons. The zero-order valence-electron chi connectivity index (χ0n) is 64.4. The molecule has 0 aromatic carbocycles. The lowest BCUT2D eigenvalue weighted by Crippen LogP contribution is -2.30. The van der Waals surface area contributed by atoms with Gasteiger partial charge in [0.1, 0.15) is 19.3 Å². The first kappa shape index (κ1) is 96.1. The van der Waals surface area contributed by atoms with Crippen LogP contribution in [0.4, 0.5) is 0 Å². The first-order valence-electron chi connectivity index (χ1n) is 40.7. The van der Waals surface area contributed by atoms with Gasteiger partial charge in [-0.25, -0.2) is 9.13 Å². The SMILES string of the molecule is CCC(C)CCCCCCCCC(=O)O[C@H](COC(=O)CCCCCCCCCCCCCCCCCCCCC(C)C)COP(=O)(O)OCC(O)COP(=O)(O)OC[C@@H](COC(=O)CCCCCCCCCC(C)C)OC(=O)CCCCCCCCCCCCCCCCC(C)C. The summed E-state index contributed by atoms with van der Waals surface area (Å²) < 4.78 is 68.6. The van der Waals surface area contributed by atoms with E-state index in [0.29, 0.717) is 31.6 Å². The second kappa shape index (κ2) is 68.2. The van der Waals surface area contributed by atoms with Crippen molar-refractivity contribution in [3.8, 4) is 0 Å². The second-order valence-electron chi connectivity index (χ2n) is 30.1. The highest BCUT2D eigenvalue weighted by Gasteiger charge is 2.30. The number of aliphatic hydroxyl groups is 1. The quantitative estimate of drug-likeness (QED) is 0.0222. The Labute approximate surface area is 600 Å². The van der Waals surface area contributed by atoms with Gasteiger partial charge in [0.15, 0.2) is 12.2 Å². The van der Waals surface area contributed by atoms with E-state index >= 15 is 0 Å². The Kier molecular flexibility index (Phi) is 66.8. The summed E-state index contributed by atoms with van der Waals surface area (Å²) in [6.45, 7) is 14.2. The van der Waals surface area contributed by atoms with E-state index in [1.165, 1.54) is 199 Å². The molecule has 0 aliphatic rings. The Morgan fingerprint density at radius 2 is 0.490 bits per heavy atom. The third kappa shape index (κ3) is 71.1. The van der Waals surface area contributed by atoms with Crippen LogP contribution in [0, 0.1) is 23.7 Å². The minimum atomic E-state index is -4.96. The predicted octanol–water partition coefficient (Wildman–Crippen LogP) is 23.2. The van der Waals surface area contributed by atoms with Crippen molar-refractivity contribution in [1.82, 2.24) is 0 Å². The van der Waals surface area contributed by atoms with Crippen LogP contribution in [0.25, 0.3) is 0 Å². The third-order valence-corrected chi connectivity index (χ3v) is 20.6. The van der Waals surface area contributed by atoms with Gasteiger partial charge in [0, 0.05) is 25.7 Å². The maximum Gasteiger partial charge on any atom is 0.472 e. The van der Waals surface area contributed by atoms with Crippen LogP contribution < -0.4 is 0 Å². The maximum absolute atomic E-state index is 13.1. The number of phosphoric acid groups is 2. The summed E-state index contributed by atoms with van der Waals surface area (Å²) in [6.07, 6.45) is 54.4. The van der Waals surface area contributed by atoms with Crippen molar-refractivity contribution >= 4 is 39.5 Å². The Hall–Kier alpha value is -1.94. The van der Waals surface area contributed by atoms with E-state index in [0.717, 1.165) is 114 Å². The number of phosphoric ester groups is 2. The minimum absolute atomic E-state index is 0.103. The topological polar surface area (TPSA) is 237 Å². The van der Waals surface area contributed by atoms with Gasteiger partial charge in [0.25, 0.3) is 0 Å². The molecule has 0 bridgehead atoms. The highest BCUT2D eigenvalue weighted by atomic mass is 31.2.